The Bertz CT molecular complexity index is 383. The Labute approximate surface area is 115 Å². The first kappa shape index (κ1) is 13.9. The molecule has 3 heteroatoms. The van der Waals surface area contributed by atoms with Gasteiger partial charge in [0.2, 0.25) is 0 Å². The van der Waals surface area contributed by atoms with Crippen molar-refractivity contribution in [3.8, 4) is 0 Å². The molecule has 0 aliphatic carbocycles. The average Bonchev–Trinajstić information content (AvgIpc) is 2.40. The summed E-state index contributed by atoms with van der Waals surface area (Å²) in [4.78, 5) is 0. The highest BCUT2D eigenvalue weighted by Gasteiger charge is 2.31. The molecule has 1 fully saturated rings. The summed E-state index contributed by atoms with van der Waals surface area (Å²) < 4.78 is 5.32. The van der Waals surface area contributed by atoms with Crippen molar-refractivity contribution in [2.24, 2.45) is 11.8 Å². The number of halogens is 1. The highest BCUT2D eigenvalue weighted by atomic mass is 35.5. The molecule has 1 N–H and O–H groups in total. The van der Waals surface area contributed by atoms with Gasteiger partial charge < -0.3 is 10.1 Å². The van der Waals surface area contributed by atoms with Crippen LogP contribution in [0.4, 0.5) is 0 Å². The molecular formula is C15H22ClNO. The Morgan fingerprint density at radius 2 is 2.22 bits per heavy atom. The van der Waals surface area contributed by atoms with Gasteiger partial charge in [0.05, 0.1) is 0 Å². The highest BCUT2D eigenvalue weighted by molar-refractivity contribution is 6.31. The molecule has 0 spiro atoms. The van der Waals surface area contributed by atoms with Crippen molar-refractivity contribution >= 4 is 11.6 Å². The van der Waals surface area contributed by atoms with Gasteiger partial charge in [0.15, 0.2) is 0 Å². The third-order valence-electron chi connectivity index (χ3n) is 4.00. The Morgan fingerprint density at radius 3 is 2.94 bits per heavy atom. The Balaban J connectivity index is 2.20. The summed E-state index contributed by atoms with van der Waals surface area (Å²) in [5, 5.41) is 4.38. The third kappa shape index (κ3) is 3.05. The minimum atomic E-state index is 0.498. The van der Waals surface area contributed by atoms with Crippen molar-refractivity contribution in [3.63, 3.8) is 0 Å². The molecule has 0 bridgehead atoms. The number of hydrogen-bond donors (Lipinski definition) is 1. The van der Waals surface area contributed by atoms with E-state index in [1.807, 2.05) is 12.1 Å². The van der Waals surface area contributed by atoms with Crippen molar-refractivity contribution in [3.05, 3.63) is 34.9 Å². The summed E-state index contributed by atoms with van der Waals surface area (Å²) in [5.74, 6) is 1.71. The predicted molar refractivity (Wildman–Crippen MR) is 76.2 cm³/mol. The number of piperidine rings is 1. The van der Waals surface area contributed by atoms with Gasteiger partial charge in [0.1, 0.15) is 0 Å². The minimum absolute atomic E-state index is 0.498. The SMILES string of the molecule is COCC(C)C1CCNCC1c1ccccc1Cl. The lowest BCUT2D eigenvalue weighted by atomic mass is 9.75. The van der Waals surface area contributed by atoms with Gasteiger partial charge in [0.25, 0.3) is 0 Å². The van der Waals surface area contributed by atoms with Crippen molar-refractivity contribution < 1.29 is 4.74 Å². The predicted octanol–water partition coefficient (Wildman–Crippen LogP) is 3.32. The van der Waals surface area contributed by atoms with Gasteiger partial charge in [-0.1, -0.05) is 36.7 Å². The molecule has 3 unspecified atom stereocenters. The van der Waals surface area contributed by atoms with Gasteiger partial charge in [-0.05, 0) is 36.4 Å². The Kier molecular flexibility index (Phi) is 5.04. The molecule has 2 nitrogen and oxygen atoms in total. The van der Waals surface area contributed by atoms with Gasteiger partial charge >= 0.3 is 0 Å². The molecule has 18 heavy (non-hydrogen) atoms. The molecule has 2 rings (SSSR count). The second kappa shape index (κ2) is 6.55. The maximum absolute atomic E-state index is 6.35. The van der Waals surface area contributed by atoms with Crippen molar-refractivity contribution in [1.29, 1.82) is 0 Å². The summed E-state index contributed by atoms with van der Waals surface area (Å²) in [6.07, 6.45) is 1.19. The molecule has 1 aliphatic rings. The van der Waals surface area contributed by atoms with E-state index in [9.17, 15) is 0 Å². The number of methoxy groups -OCH3 is 1. The van der Waals surface area contributed by atoms with Crippen LogP contribution in [0, 0.1) is 11.8 Å². The monoisotopic (exact) mass is 267 g/mol. The second-order valence-electron chi connectivity index (χ2n) is 5.22. The topological polar surface area (TPSA) is 21.3 Å². The largest absolute Gasteiger partial charge is 0.384 e. The summed E-state index contributed by atoms with van der Waals surface area (Å²) in [7, 11) is 1.78. The van der Waals surface area contributed by atoms with Crippen molar-refractivity contribution in [1.82, 2.24) is 5.32 Å². The van der Waals surface area contributed by atoms with E-state index in [0.29, 0.717) is 17.8 Å². The van der Waals surface area contributed by atoms with Crippen LogP contribution in [0.15, 0.2) is 24.3 Å². The molecule has 100 valence electrons. The number of nitrogens with one attached hydrogen (secondary N) is 1. The smallest absolute Gasteiger partial charge is 0.0490 e. The fourth-order valence-electron chi connectivity index (χ4n) is 3.06. The normalized spacial score (nSPS) is 25.9. The first-order valence-corrected chi connectivity index (χ1v) is 7.06. The zero-order valence-corrected chi connectivity index (χ0v) is 11.9. The minimum Gasteiger partial charge on any atom is -0.384 e. The van der Waals surface area contributed by atoms with E-state index in [0.717, 1.165) is 24.7 Å². The van der Waals surface area contributed by atoms with E-state index >= 15 is 0 Å². The van der Waals surface area contributed by atoms with Crippen LogP contribution in [0.3, 0.4) is 0 Å². The number of rotatable bonds is 4. The van der Waals surface area contributed by atoms with Crippen LogP contribution >= 0.6 is 11.6 Å². The molecule has 0 saturated carbocycles. The van der Waals surface area contributed by atoms with E-state index in [2.05, 4.69) is 24.4 Å². The first-order valence-electron chi connectivity index (χ1n) is 6.68. The van der Waals surface area contributed by atoms with Crippen LogP contribution in [0.5, 0.6) is 0 Å². The quantitative estimate of drug-likeness (QED) is 0.904. The highest BCUT2D eigenvalue weighted by Crippen LogP contribution is 2.37. The van der Waals surface area contributed by atoms with Crippen LogP contribution in [0.25, 0.3) is 0 Å². The van der Waals surface area contributed by atoms with Gasteiger partial charge in [-0.25, -0.2) is 0 Å². The fourth-order valence-corrected chi connectivity index (χ4v) is 3.34. The van der Waals surface area contributed by atoms with Crippen LogP contribution < -0.4 is 5.32 Å². The number of benzene rings is 1. The summed E-state index contributed by atoms with van der Waals surface area (Å²) in [5.41, 5.74) is 1.28. The number of ether oxygens (including phenoxy) is 1. The lowest BCUT2D eigenvalue weighted by Gasteiger charge is -2.36. The molecule has 0 radical (unpaired) electrons. The van der Waals surface area contributed by atoms with Crippen LogP contribution in [0.1, 0.15) is 24.8 Å². The lowest BCUT2D eigenvalue weighted by Crippen LogP contribution is -2.39. The van der Waals surface area contributed by atoms with E-state index in [-0.39, 0.29) is 0 Å². The molecule has 3 atom stereocenters. The van der Waals surface area contributed by atoms with E-state index < -0.39 is 0 Å². The summed E-state index contributed by atoms with van der Waals surface area (Å²) in [6, 6.07) is 8.22. The molecule has 0 amide bonds. The molecule has 1 saturated heterocycles. The maximum atomic E-state index is 6.35. The van der Waals surface area contributed by atoms with Gasteiger partial charge in [-0.3, -0.25) is 0 Å². The van der Waals surface area contributed by atoms with Crippen LogP contribution in [-0.2, 0) is 4.74 Å². The standard InChI is InChI=1S/C15H22ClNO/c1-11(10-18-2)12-7-8-17-9-14(12)13-5-3-4-6-15(13)16/h3-6,11-12,14,17H,7-10H2,1-2H3. The van der Waals surface area contributed by atoms with Crippen LogP contribution in [-0.4, -0.2) is 26.8 Å². The summed E-state index contributed by atoms with van der Waals surface area (Å²) >= 11 is 6.35. The molecular weight excluding hydrogens is 246 g/mol. The maximum Gasteiger partial charge on any atom is 0.0490 e. The average molecular weight is 268 g/mol. The molecule has 1 aliphatic heterocycles. The van der Waals surface area contributed by atoms with Crippen molar-refractivity contribution in [2.75, 3.05) is 26.8 Å². The summed E-state index contributed by atoms with van der Waals surface area (Å²) in [6.45, 7) is 5.22. The van der Waals surface area contributed by atoms with E-state index in [1.165, 1.54) is 12.0 Å². The lowest BCUT2D eigenvalue weighted by molar-refractivity contribution is 0.107. The fraction of sp³-hybridized carbons (Fsp3) is 0.600. The first-order chi connectivity index (χ1) is 8.74. The zero-order chi connectivity index (χ0) is 13.0. The second-order valence-corrected chi connectivity index (χ2v) is 5.62. The number of hydrogen-bond acceptors (Lipinski definition) is 2. The van der Waals surface area contributed by atoms with Gasteiger partial charge in [-0.2, -0.15) is 0 Å². The molecule has 1 aromatic rings. The van der Waals surface area contributed by atoms with E-state index in [1.54, 1.807) is 7.11 Å². The molecule has 1 heterocycles. The zero-order valence-electron chi connectivity index (χ0n) is 11.2. The molecule has 0 aromatic heterocycles. The van der Waals surface area contributed by atoms with Crippen molar-refractivity contribution in [2.45, 2.75) is 19.3 Å². The molecule has 1 aromatic carbocycles. The van der Waals surface area contributed by atoms with Crippen LogP contribution in [0.2, 0.25) is 5.02 Å². The van der Waals surface area contributed by atoms with Gasteiger partial charge in [0, 0.05) is 31.2 Å². The Morgan fingerprint density at radius 1 is 1.44 bits per heavy atom. The Hall–Kier alpha value is -0.570. The van der Waals surface area contributed by atoms with E-state index in [4.69, 9.17) is 16.3 Å². The van der Waals surface area contributed by atoms with Gasteiger partial charge in [-0.15, -0.1) is 0 Å². The third-order valence-corrected chi connectivity index (χ3v) is 4.34.